The van der Waals surface area contributed by atoms with Crippen molar-refractivity contribution >= 4 is 17.7 Å². The summed E-state index contributed by atoms with van der Waals surface area (Å²) < 4.78 is 0. The molecule has 0 aromatic carbocycles. The molecular formula is C14H28N2OS. The number of nitrogens with two attached hydrogens (primary N) is 1. The third kappa shape index (κ3) is 6.10. The summed E-state index contributed by atoms with van der Waals surface area (Å²) in [5.41, 5.74) is 5.45. The van der Waals surface area contributed by atoms with Gasteiger partial charge in [-0.25, -0.2) is 0 Å². The first-order valence-electron chi connectivity index (χ1n) is 7.28. The molecule has 1 saturated heterocycles. The van der Waals surface area contributed by atoms with E-state index in [2.05, 4.69) is 11.2 Å². The molecule has 106 valence electrons. The van der Waals surface area contributed by atoms with E-state index in [-0.39, 0.29) is 0 Å². The molecule has 0 saturated carbocycles. The van der Waals surface area contributed by atoms with E-state index in [1.165, 1.54) is 25.7 Å². The lowest BCUT2D eigenvalue weighted by atomic mass is 10.1. The Morgan fingerprint density at radius 1 is 1.22 bits per heavy atom. The van der Waals surface area contributed by atoms with Crippen LogP contribution in [-0.2, 0) is 4.79 Å². The third-order valence-electron chi connectivity index (χ3n) is 3.71. The lowest BCUT2D eigenvalue weighted by molar-refractivity contribution is -0.131. The van der Waals surface area contributed by atoms with Crippen molar-refractivity contribution in [1.29, 1.82) is 0 Å². The number of likely N-dealkylation sites (tertiary alicyclic amines) is 1. The van der Waals surface area contributed by atoms with Gasteiger partial charge < -0.3 is 10.6 Å². The van der Waals surface area contributed by atoms with Gasteiger partial charge in [-0.1, -0.05) is 12.8 Å². The molecule has 3 nitrogen and oxygen atoms in total. The Hall–Kier alpha value is -0.220. The van der Waals surface area contributed by atoms with Gasteiger partial charge in [-0.15, -0.1) is 0 Å². The summed E-state index contributed by atoms with van der Waals surface area (Å²) in [4.78, 5) is 14.2. The SMILES string of the molecule is CSC1CCCN(C(=O)CCCCCCN)CC1. The van der Waals surface area contributed by atoms with Gasteiger partial charge in [0.1, 0.15) is 0 Å². The summed E-state index contributed by atoms with van der Waals surface area (Å²) in [5, 5.41) is 0.757. The van der Waals surface area contributed by atoms with E-state index in [0.717, 1.165) is 50.6 Å². The molecule has 0 spiro atoms. The number of hydrogen-bond acceptors (Lipinski definition) is 3. The van der Waals surface area contributed by atoms with E-state index in [9.17, 15) is 4.79 Å². The van der Waals surface area contributed by atoms with Gasteiger partial charge >= 0.3 is 0 Å². The highest BCUT2D eigenvalue weighted by Gasteiger charge is 2.19. The Bertz CT molecular complexity index is 236. The summed E-state index contributed by atoms with van der Waals surface area (Å²) in [6.07, 6.45) is 10.9. The fraction of sp³-hybridized carbons (Fsp3) is 0.929. The highest BCUT2D eigenvalue weighted by molar-refractivity contribution is 7.99. The second-order valence-electron chi connectivity index (χ2n) is 5.12. The minimum Gasteiger partial charge on any atom is -0.343 e. The number of nitrogens with zero attached hydrogens (tertiary/aromatic N) is 1. The molecule has 2 N–H and O–H groups in total. The molecule has 0 aromatic heterocycles. The molecule has 4 heteroatoms. The van der Waals surface area contributed by atoms with E-state index in [1.54, 1.807) is 0 Å². The Balaban J connectivity index is 2.16. The first-order valence-corrected chi connectivity index (χ1v) is 8.57. The van der Waals surface area contributed by atoms with E-state index < -0.39 is 0 Å². The molecule has 0 aromatic rings. The first kappa shape index (κ1) is 15.8. The Morgan fingerprint density at radius 3 is 2.72 bits per heavy atom. The molecule has 1 rings (SSSR count). The van der Waals surface area contributed by atoms with Crippen LogP contribution in [-0.4, -0.2) is 41.9 Å². The minimum atomic E-state index is 0.365. The highest BCUT2D eigenvalue weighted by atomic mass is 32.2. The van der Waals surface area contributed by atoms with Gasteiger partial charge in [-0.3, -0.25) is 4.79 Å². The van der Waals surface area contributed by atoms with Gasteiger partial charge in [-0.05, 0) is 44.9 Å². The Morgan fingerprint density at radius 2 is 2.00 bits per heavy atom. The van der Waals surface area contributed by atoms with Gasteiger partial charge in [0.15, 0.2) is 0 Å². The van der Waals surface area contributed by atoms with E-state index >= 15 is 0 Å². The second-order valence-corrected chi connectivity index (χ2v) is 6.26. The van der Waals surface area contributed by atoms with Crippen molar-refractivity contribution in [2.45, 2.75) is 56.6 Å². The zero-order valence-corrected chi connectivity index (χ0v) is 12.5. The summed E-state index contributed by atoms with van der Waals surface area (Å²) in [6.45, 7) is 2.71. The summed E-state index contributed by atoms with van der Waals surface area (Å²) in [7, 11) is 0. The van der Waals surface area contributed by atoms with Crippen molar-refractivity contribution < 1.29 is 4.79 Å². The number of rotatable bonds is 7. The maximum absolute atomic E-state index is 12.1. The molecule has 0 bridgehead atoms. The standard InChI is InChI=1S/C14H28N2OS/c1-18-13-7-6-11-16(12-9-13)14(17)8-4-2-3-5-10-15/h13H,2-12,15H2,1H3. The zero-order valence-electron chi connectivity index (χ0n) is 11.7. The van der Waals surface area contributed by atoms with Gasteiger partial charge in [0, 0.05) is 24.8 Å². The van der Waals surface area contributed by atoms with Crippen LogP contribution in [0.2, 0.25) is 0 Å². The topological polar surface area (TPSA) is 46.3 Å². The Kier molecular flexibility index (Phi) is 8.51. The summed E-state index contributed by atoms with van der Waals surface area (Å²) in [5.74, 6) is 0.365. The molecule has 1 atom stereocenters. The van der Waals surface area contributed by atoms with Crippen LogP contribution in [0.15, 0.2) is 0 Å². The largest absolute Gasteiger partial charge is 0.343 e. The van der Waals surface area contributed by atoms with Gasteiger partial charge in [0.2, 0.25) is 5.91 Å². The molecule has 1 unspecified atom stereocenters. The number of amides is 1. The predicted molar refractivity (Wildman–Crippen MR) is 79.9 cm³/mol. The number of unbranched alkanes of at least 4 members (excludes halogenated alkanes) is 3. The average molecular weight is 272 g/mol. The maximum atomic E-state index is 12.1. The van der Waals surface area contributed by atoms with Gasteiger partial charge in [0.25, 0.3) is 0 Å². The van der Waals surface area contributed by atoms with Crippen LogP contribution in [0.4, 0.5) is 0 Å². The maximum Gasteiger partial charge on any atom is 0.222 e. The third-order valence-corrected chi connectivity index (χ3v) is 4.84. The smallest absolute Gasteiger partial charge is 0.222 e. The summed E-state index contributed by atoms with van der Waals surface area (Å²) in [6, 6.07) is 0. The van der Waals surface area contributed by atoms with E-state index in [4.69, 9.17) is 5.73 Å². The average Bonchev–Trinajstić information content (AvgIpc) is 2.63. The van der Waals surface area contributed by atoms with Crippen molar-refractivity contribution in [3.8, 4) is 0 Å². The zero-order chi connectivity index (χ0) is 13.2. The quantitative estimate of drug-likeness (QED) is 0.725. The van der Waals surface area contributed by atoms with Crippen LogP contribution in [0, 0.1) is 0 Å². The molecule has 1 aliphatic heterocycles. The van der Waals surface area contributed by atoms with Crippen molar-refractivity contribution in [2.75, 3.05) is 25.9 Å². The predicted octanol–water partition coefficient (Wildman–Crippen LogP) is 2.64. The summed E-state index contributed by atoms with van der Waals surface area (Å²) >= 11 is 1.95. The molecule has 0 radical (unpaired) electrons. The van der Waals surface area contributed by atoms with Crippen LogP contribution in [0.1, 0.15) is 51.4 Å². The van der Waals surface area contributed by atoms with E-state index in [0.29, 0.717) is 5.91 Å². The number of thioether (sulfide) groups is 1. The molecule has 1 heterocycles. The molecule has 0 aliphatic carbocycles. The monoisotopic (exact) mass is 272 g/mol. The normalized spacial score (nSPS) is 20.8. The number of carbonyl (C=O) groups is 1. The van der Waals surface area contributed by atoms with Crippen LogP contribution in [0.3, 0.4) is 0 Å². The van der Waals surface area contributed by atoms with Crippen molar-refractivity contribution in [3.63, 3.8) is 0 Å². The second kappa shape index (κ2) is 9.68. The molecule has 1 fully saturated rings. The fourth-order valence-electron chi connectivity index (χ4n) is 2.48. The molecule has 18 heavy (non-hydrogen) atoms. The minimum absolute atomic E-state index is 0.365. The Labute approximate surface area is 116 Å². The molecular weight excluding hydrogens is 244 g/mol. The highest BCUT2D eigenvalue weighted by Crippen LogP contribution is 2.21. The van der Waals surface area contributed by atoms with Crippen molar-refractivity contribution in [3.05, 3.63) is 0 Å². The lowest BCUT2D eigenvalue weighted by Crippen LogP contribution is -2.31. The lowest BCUT2D eigenvalue weighted by Gasteiger charge is -2.20. The van der Waals surface area contributed by atoms with Gasteiger partial charge in [-0.2, -0.15) is 11.8 Å². The van der Waals surface area contributed by atoms with Gasteiger partial charge in [0.05, 0.1) is 0 Å². The van der Waals surface area contributed by atoms with E-state index in [1.807, 2.05) is 11.8 Å². The number of carbonyl (C=O) groups excluding carboxylic acids is 1. The molecule has 1 aliphatic rings. The number of hydrogen-bond donors (Lipinski definition) is 1. The first-order chi connectivity index (χ1) is 8.77. The van der Waals surface area contributed by atoms with Crippen molar-refractivity contribution in [2.24, 2.45) is 5.73 Å². The van der Waals surface area contributed by atoms with Crippen LogP contribution < -0.4 is 5.73 Å². The fourth-order valence-corrected chi connectivity index (χ4v) is 3.23. The van der Waals surface area contributed by atoms with Crippen LogP contribution >= 0.6 is 11.8 Å². The van der Waals surface area contributed by atoms with Crippen LogP contribution in [0.25, 0.3) is 0 Å². The van der Waals surface area contributed by atoms with Crippen LogP contribution in [0.5, 0.6) is 0 Å². The molecule has 1 amide bonds. The van der Waals surface area contributed by atoms with Crippen molar-refractivity contribution in [1.82, 2.24) is 4.90 Å².